The van der Waals surface area contributed by atoms with E-state index in [-0.39, 0.29) is 11.5 Å². The van der Waals surface area contributed by atoms with Crippen LogP contribution < -0.4 is 0 Å². The molecule has 130 valence electrons. The van der Waals surface area contributed by atoms with Gasteiger partial charge in [0, 0.05) is 5.92 Å². The molecule has 4 rings (SSSR count). The number of hydrogen-bond donors (Lipinski definition) is 1. The summed E-state index contributed by atoms with van der Waals surface area (Å²) >= 11 is 0. The van der Waals surface area contributed by atoms with Crippen LogP contribution in [0.1, 0.15) is 78.6 Å². The maximum Gasteiger partial charge on any atom is 0.132 e. The lowest BCUT2D eigenvalue weighted by Gasteiger charge is -2.60. The molecule has 0 saturated heterocycles. The van der Waals surface area contributed by atoms with Gasteiger partial charge in [-0.3, -0.25) is 4.79 Å². The zero-order valence-corrected chi connectivity index (χ0v) is 15.2. The largest absolute Gasteiger partial charge is 0.393 e. The predicted molar refractivity (Wildman–Crippen MR) is 91.9 cm³/mol. The molecular weight excluding hydrogens is 284 g/mol. The fourth-order valence-corrected chi connectivity index (χ4v) is 7.60. The summed E-state index contributed by atoms with van der Waals surface area (Å²) in [5.41, 5.74) is 0.657. The van der Waals surface area contributed by atoms with Crippen LogP contribution in [0, 0.1) is 40.4 Å². The van der Waals surface area contributed by atoms with E-state index in [4.69, 9.17) is 0 Å². The van der Waals surface area contributed by atoms with Crippen LogP contribution in [0.25, 0.3) is 0 Å². The first kappa shape index (κ1) is 16.1. The Hall–Kier alpha value is -0.370. The molecule has 4 aliphatic rings. The zero-order valence-electron chi connectivity index (χ0n) is 15.2. The van der Waals surface area contributed by atoms with Crippen LogP contribution in [-0.4, -0.2) is 17.0 Å². The van der Waals surface area contributed by atoms with Crippen LogP contribution in [0.4, 0.5) is 0 Å². The molecule has 0 spiro atoms. The fraction of sp³-hybridized carbons (Fsp3) is 0.952. The number of carbonyl (C=O) groups excluding carboxylic acids is 1. The third-order valence-electron chi connectivity index (χ3n) is 9.19. The van der Waals surface area contributed by atoms with E-state index in [9.17, 15) is 9.90 Å². The van der Waals surface area contributed by atoms with Crippen molar-refractivity contribution in [3.63, 3.8) is 0 Å². The summed E-state index contributed by atoms with van der Waals surface area (Å²) in [6.07, 6.45) is 10.9. The van der Waals surface area contributed by atoms with Gasteiger partial charge in [0.05, 0.1) is 6.10 Å². The maximum absolute atomic E-state index is 11.9. The SMILES string of the molecule is CC(=O)[C@@H]1CC[C@]2(C)[C@H](CC[C@H]3[C@H]4CC[C@H](O)[C@]4(C)CC[C@@H]32)C1. The Bertz CT molecular complexity index is 500. The molecule has 23 heavy (non-hydrogen) atoms. The summed E-state index contributed by atoms with van der Waals surface area (Å²) in [6.45, 7) is 6.72. The lowest BCUT2D eigenvalue weighted by Crippen LogP contribution is -2.54. The molecule has 0 bridgehead atoms. The molecule has 0 radical (unpaired) electrons. The number of ketones is 1. The topological polar surface area (TPSA) is 37.3 Å². The van der Waals surface area contributed by atoms with Crippen LogP contribution in [-0.2, 0) is 4.79 Å². The van der Waals surface area contributed by atoms with Crippen molar-refractivity contribution in [2.24, 2.45) is 40.4 Å². The van der Waals surface area contributed by atoms with E-state index in [1.54, 1.807) is 6.92 Å². The zero-order chi connectivity index (χ0) is 16.4. The Morgan fingerprint density at radius 2 is 1.61 bits per heavy atom. The smallest absolute Gasteiger partial charge is 0.132 e. The average Bonchev–Trinajstić information content (AvgIpc) is 2.82. The van der Waals surface area contributed by atoms with Crippen LogP contribution in [0.3, 0.4) is 0 Å². The van der Waals surface area contributed by atoms with Crippen LogP contribution in [0.2, 0.25) is 0 Å². The molecule has 0 aromatic heterocycles. The minimum Gasteiger partial charge on any atom is -0.393 e. The Morgan fingerprint density at radius 1 is 0.913 bits per heavy atom. The van der Waals surface area contributed by atoms with E-state index < -0.39 is 0 Å². The first-order valence-corrected chi connectivity index (χ1v) is 10.0. The van der Waals surface area contributed by atoms with Crippen LogP contribution >= 0.6 is 0 Å². The molecule has 0 unspecified atom stereocenters. The average molecular weight is 319 g/mol. The predicted octanol–water partition coefficient (Wildman–Crippen LogP) is 4.60. The highest BCUT2D eigenvalue weighted by Gasteiger charge is 2.60. The number of carbonyl (C=O) groups is 1. The Morgan fingerprint density at radius 3 is 2.35 bits per heavy atom. The highest BCUT2D eigenvalue weighted by atomic mass is 16.3. The number of aliphatic hydroxyl groups is 1. The van der Waals surface area contributed by atoms with Crippen molar-refractivity contribution in [1.82, 2.24) is 0 Å². The molecule has 4 fully saturated rings. The second-order valence-corrected chi connectivity index (χ2v) is 9.88. The van der Waals surface area contributed by atoms with Gasteiger partial charge in [0.15, 0.2) is 0 Å². The van der Waals surface area contributed by atoms with Crippen molar-refractivity contribution < 1.29 is 9.90 Å². The lowest BCUT2D eigenvalue weighted by atomic mass is 9.44. The number of hydrogen-bond acceptors (Lipinski definition) is 2. The molecule has 0 heterocycles. The quantitative estimate of drug-likeness (QED) is 0.767. The van der Waals surface area contributed by atoms with Gasteiger partial charge in [-0.2, -0.15) is 0 Å². The molecule has 4 aliphatic carbocycles. The first-order valence-electron chi connectivity index (χ1n) is 10.0. The molecule has 0 amide bonds. The van der Waals surface area contributed by atoms with E-state index >= 15 is 0 Å². The van der Waals surface area contributed by atoms with E-state index in [1.807, 2.05) is 0 Å². The van der Waals surface area contributed by atoms with Crippen molar-refractivity contribution in [3.05, 3.63) is 0 Å². The van der Waals surface area contributed by atoms with Gasteiger partial charge in [0.1, 0.15) is 5.78 Å². The summed E-state index contributed by atoms with van der Waals surface area (Å²) in [4.78, 5) is 11.9. The molecule has 1 N–H and O–H groups in total. The summed E-state index contributed by atoms with van der Waals surface area (Å²) in [5.74, 6) is 3.95. The molecule has 0 aliphatic heterocycles. The van der Waals surface area contributed by atoms with E-state index in [2.05, 4.69) is 13.8 Å². The standard InChI is InChI=1S/C21H34O2/c1-13(22)14-8-10-20(2)15(12-14)4-5-16-17-6-7-19(23)21(17,3)11-9-18(16)20/h14-19,23H,4-12H2,1-3H3/t14-,15-,16+,17-,18+,19+,20-,21-/m1/s1. The van der Waals surface area contributed by atoms with Crippen LogP contribution in [0.5, 0.6) is 0 Å². The van der Waals surface area contributed by atoms with Gasteiger partial charge >= 0.3 is 0 Å². The van der Waals surface area contributed by atoms with Gasteiger partial charge in [-0.25, -0.2) is 0 Å². The highest BCUT2D eigenvalue weighted by molar-refractivity contribution is 5.78. The maximum atomic E-state index is 11.9. The third-order valence-corrected chi connectivity index (χ3v) is 9.19. The minimum atomic E-state index is -0.0626. The van der Waals surface area contributed by atoms with Gasteiger partial charge < -0.3 is 5.11 Å². The van der Waals surface area contributed by atoms with Crippen molar-refractivity contribution in [2.75, 3.05) is 0 Å². The van der Waals surface area contributed by atoms with Gasteiger partial charge in [-0.05, 0) is 99.2 Å². The molecular formula is C21H34O2. The van der Waals surface area contributed by atoms with Gasteiger partial charge in [0.25, 0.3) is 0 Å². The van der Waals surface area contributed by atoms with Crippen molar-refractivity contribution in [2.45, 2.75) is 84.7 Å². The van der Waals surface area contributed by atoms with E-state index in [0.717, 1.165) is 42.9 Å². The van der Waals surface area contributed by atoms with Gasteiger partial charge in [-0.15, -0.1) is 0 Å². The monoisotopic (exact) mass is 318 g/mol. The number of fused-ring (bicyclic) bond motifs is 5. The fourth-order valence-electron chi connectivity index (χ4n) is 7.60. The molecule has 2 nitrogen and oxygen atoms in total. The Balaban J connectivity index is 1.58. The van der Waals surface area contributed by atoms with E-state index in [1.165, 1.54) is 38.5 Å². The summed E-state index contributed by atoms with van der Waals surface area (Å²) in [7, 11) is 0. The number of rotatable bonds is 1. The van der Waals surface area contributed by atoms with Gasteiger partial charge in [-0.1, -0.05) is 13.8 Å². The summed E-state index contributed by atoms with van der Waals surface area (Å²) in [5, 5.41) is 10.5. The van der Waals surface area contributed by atoms with Gasteiger partial charge in [0.2, 0.25) is 0 Å². The van der Waals surface area contributed by atoms with Crippen LogP contribution in [0.15, 0.2) is 0 Å². The third kappa shape index (κ3) is 2.19. The molecule has 2 heteroatoms. The number of Topliss-reactive ketones (excluding diaryl/α,β-unsaturated/α-hetero) is 1. The highest BCUT2D eigenvalue weighted by Crippen LogP contribution is 2.66. The molecule has 0 aromatic rings. The molecule has 8 atom stereocenters. The minimum absolute atomic E-state index is 0.0626. The second-order valence-electron chi connectivity index (χ2n) is 9.88. The van der Waals surface area contributed by atoms with Crippen molar-refractivity contribution in [3.8, 4) is 0 Å². The van der Waals surface area contributed by atoms with Crippen molar-refractivity contribution >= 4 is 5.78 Å². The first-order chi connectivity index (χ1) is 10.9. The second kappa shape index (κ2) is 5.31. The van der Waals surface area contributed by atoms with E-state index in [0.29, 0.717) is 17.1 Å². The summed E-state index contributed by atoms with van der Waals surface area (Å²) < 4.78 is 0. The lowest BCUT2D eigenvalue weighted by molar-refractivity contribution is -0.138. The molecule has 0 aromatic carbocycles. The Kier molecular flexibility index (Phi) is 3.72. The molecule has 4 saturated carbocycles. The van der Waals surface area contributed by atoms with Crippen molar-refractivity contribution in [1.29, 1.82) is 0 Å². The number of aliphatic hydroxyl groups excluding tert-OH is 1. The Labute approximate surface area is 141 Å². The summed E-state index contributed by atoms with van der Waals surface area (Å²) in [6, 6.07) is 0. The normalized spacial score (nSPS) is 55.7.